The predicted molar refractivity (Wildman–Crippen MR) is 96.0 cm³/mol. The maximum atomic E-state index is 13.6. The zero-order valence-corrected chi connectivity index (χ0v) is 13.9. The molecule has 4 rings (SSSR count). The summed E-state index contributed by atoms with van der Waals surface area (Å²) >= 11 is 0. The minimum atomic E-state index is -0.390. The number of para-hydroxylation sites is 2. The van der Waals surface area contributed by atoms with E-state index in [-0.39, 0.29) is 18.1 Å². The molecular formula is C21H16FNO3. The predicted octanol–water partition coefficient (Wildman–Crippen LogP) is 4.68. The third kappa shape index (κ3) is 2.99. The highest BCUT2D eigenvalue weighted by molar-refractivity contribution is 6.15. The number of furan rings is 1. The lowest BCUT2D eigenvalue weighted by molar-refractivity contribution is 0.101. The van der Waals surface area contributed by atoms with E-state index in [1.807, 2.05) is 28.8 Å². The number of benzene rings is 2. The third-order valence-electron chi connectivity index (χ3n) is 4.20. The molecule has 0 aliphatic rings. The topological polar surface area (TPSA) is 44.4 Å². The van der Waals surface area contributed by atoms with Crippen LogP contribution in [0.2, 0.25) is 0 Å². The van der Waals surface area contributed by atoms with E-state index in [9.17, 15) is 9.18 Å². The lowest BCUT2D eigenvalue weighted by Gasteiger charge is -2.08. The quantitative estimate of drug-likeness (QED) is 0.475. The summed E-state index contributed by atoms with van der Waals surface area (Å²) in [5.74, 6) is -0.0371. The van der Waals surface area contributed by atoms with Crippen molar-refractivity contribution in [3.63, 3.8) is 0 Å². The first-order chi connectivity index (χ1) is 12.7. The number of aromatic nitrogens is 1. The van der Waals surface area contributed by atoms with E-state index < -0.39 is 5.82 Å². The van der Waals surface area contributed by atoms with Crippen LogP contribution in [0.4, 0.5) is 4.39 Å². The molecule has 130 valence electrons. The lowest BCUT2D eigenvalue weighted by Crippen LogP contribution is -2.08. The second kappa shape index (κ2) is 6.88. The minimum absolute atomic E-state index is 0.167. The van der Waals surface area contributed by atoms with Gasteiger partial charge < -0.3 is 13.7 Å². The minimum Gasteiger partial charge on any atom is -0.489 e. The van der Waals surface area contributed by atoms with Crippen LogP contribution in [0.15, 0.2) is 77.5 Å². The fraction of sp³-hybridized carbons (Fsp3) is 0.0952. The van der Waals surface area contributed by atoms with E-state index in [4.69, 9.17) is 9.15 Å². The van der Waals surface area contributed by atoms with Crippen LogP contribution in [-0.4, -0.2) is 17.0 Å². The van der Waals surface area contributed by atoms with Gasteiger partial charge in [-0.1, -0.05) is 30.3 Å². The molecule has 2 heterocycles. The summed E-state index contributed by atoms with van der Waals surface area (Å²) in [7, 11) is 0. The van der Waals surface area contributed by atoms with Gasteiger partial charge in [0.25, 0.3) is 0 Å². The van der Waals surface area contributed by atoms with Crippen LogP contribution in [0, 0.1) is 5.82 Å². The lowest BCUT2D eigenvalue weighted by atomic mass is 10.1. The molecule has 2 aromatic carbocycles. The van der Waals surface area contributed by atoms with Crippen LogP contribution in [0.5, 0.6) is 5.75 Å². The first-order valence-electron chi connectivity index (χ1n) is 8.27. The number of carbonyl (C=O) groups excluding carboxylic acids is 1. The number of rotatable bonds is 6. The second-order valence-electron chi connectivity index (χ2n) is 5.84. The van der Waals surface area contributed by atoms with Gasteiger partial charge in [-0.3, -0.25) is 4.79 Å². The van der Waals surface area contributed by atoms with Gasteiger partial charge >= 0.3 is 0 Å². The van der Waals surface area contributed by atoms with Gasteiger partial charge in [-0.25, -0.2) is 4.39 Å². The molecule has 0 radical (unpaired) electrons. The van der Waals surface area contributed by atoms with Gasteiger partial charge in [-0.2, -0.15) is 0 Å². The van der Waals surface area contributed by atoms with Gasteiger partial charge in [-0.05, 0) is 30.3 Å². The molecule has 0 unspecified atom stereocenters. The van der Waals surface area contributed by atoms with Crippen molar-refractivity contribution in [3.8, 4) is 5.75 Å². The zero-order valence-electron chi connectivity index (χ0n) is 13.9. The average Bonchev–Trinajstić information content (AvgIpc) is 3.31. The van der Waals surface area contributed by atoms with Crippen LogP contribution in [0.1, 0.15) is 16.1 Å². The van der Waals surface area contributed by atoms with E-state index in [1.165, 1.54) is 12.3 Å². The molecule has 0 atom stereocenters. The Morgan fingerprint density at radius 2 is 1.85 bits per heavy atom. The first kappa shape index (κ1) is 16.1. The maximum absolute atomic E-state index is 13.6. The highest BCUT2D eigenvalue weighted by Crippen LogP contribution is 2.24. The largest absolute Gasteiger partial charge is 0.489 e. The molecule has 5 heteroatoms. The van der Waals surface area contributed by atoms with Crippen molar-refractivity contribution < 1.29 is 18.3 Å². The monoisotopic (exact) mass is 349 g/mol. The van der Waals surface area contributed by atoms with Crippen LogP contribution >= 0.6 is 0 Å². The zero-order chi connectivity index (χ0) is 17.9. The Labute approximate surface area is 149 Å². The molecule has 0 N–H and O–H groups in total. The molecule has 2 aromatic heterocycles. The maximum Gasteiger partial charge on any atom is 0.230 e. The van der Waals surface area contributed by atoms with Crippen LogP contribution in [-0.2, 0) is 6.54 Å². The van der Waals surface area contributed by atoms with E-state index >= 15 is 0 Å². The summed E-state index contributed by atoms with van der Waals surface area (Å²) in [6.45, 7) is 0.772. The number of ether oxygens (including phenoxy) is 1. The van der Waals surface area contributed by atoms with Gasteiger partial charge in [0, 0.05) is 17.1 Å². The highest BCUT2D eigenvalue weighted by Gasteiger charge is 2.18. The molecule has 0 spiro atoms. The Morgan fingerprint density at radius 3 is 2.65 bits per heavy atom. The standard InChI is InChI=1S/C21H16FNO3/c22-17-7-2-4-9-19(17)26-13-11-23-14-16(15-6-1-3-8-18(15)23)21(24)20-10-5-12-25-20/h1-10,12,14H,11,13H2. The normalized spacial score (nSPS) is 11.0. The van der Waals surface area contributed by atoms with Crippen molar-refractivity contribution in [1.82, 2.24) is 4.57 Å². The SMILES string of the molecule is O=C(c1ccco1)c1cn(CCOc2ccccc2F)c2ccccc12. The Hall–Kier alpha value is -3.34. The molecule has 4 aromatic rings. The van der Waals surface area contributed by atoms with Crippen molar-refractivity contribution in [2.24, 2.45) is 0 Å². The Kier molecular flexibility index (Phi) is 4.27. The Morgan fingerprint density at radius 1 is 1.04 bits per heavy atom. The molecule has 0 amide bonds. The summed E-state index contributed by atoms with van der Waals surface area (Å²) in [5, 5.41) is 0.847. The van der Waals surface area contributed by atoms with Gasteiger partial charge in [0.05, 0.1) is 18.4 Å². The Bertz CT molecular complexity index is 1050. The van der Waals surface area contributed by atoms with Gasteiger partial charge in [-0.15, -0.1) is 0 Å². The summed E-state index contributed by atoms with van der Waals surface area (Å²) in [6.07, 6.45) is 3.27. The Balaban J connectivity index is 1.60. The van der Waals surface area contributed by atoms with Crippen LogP contribution in [0.3, 0.4) is 0 Å². The van der Waals surface area contributed by atoms with Crippen LogP contribution < -0.4 is 4.74 Å². The first-order valence-corrected chi connectivity index (χ1v) is 8.27. The average molecular weight is 349 g/mol. The number of halogens is 1. The third-order valence-corrected chi connectivity index (χ3v) is 4.20. The van der Waals surface area contributed by atoms with Crippen molar-refractivity contribution in [3.05, 3.63) is 90.3 Å². The van der Waals surface area contributed by atoms with Crippen molar-refractivity contribution in [2.45, 2.75) is 6.54 Å². The summed E-state index contributed by atoms with van der Waals surface area (Å²) in [6, 6.07) is 17.3. The number of ketones is 1. The van der Waals surface area contributed by atoms with Crippen molar-refractivity contribution in [2.75, 3.05) is 6.61 Å². The number of carbonyl (C=O) groups is 1. The number of nitrogens with zero attached hydrogens (tertiary/aromatic N) is 1. The smallest absolute Gasteiger partial charge is 0.230 e. The molecule has 0 aliphatic carbocycles. The summed E-state index contributed by atoms with van der Waals surface area (Å²) in [4.78, 5) is 12.7. The molecule has 4 nitrogen and oxygen atoms in total. The number of fused-ring (bicyclic) bond motifs is 1. The van der Waals surface area contributed by atoms with E-state index in [1.54, 1.807) is 36.5 Å². The number of hydrogen-bond acceptors (Lipinski definition) is 3. The van der Waals surface area contributed by atoms with Crippen molar-refractivity contribution in [1.29, 1.82) is 0 Å². The van der Waals surface area contributed by atoms with E-state index in [0.717, 1.165) is 10.9 Å². The van der Waals surface area contributed by atoms with Gasteiger partial charge in [0.15, 0.2) is 17.3 Å². The second-order valence-corrected chi connectivity index (χ2v) is 5.84. The van der Waals surface area contributed by atoms with Crippen molar-refractivity contribution >= 4 is 16.7 Å². The molecular weight excluding hydrogens is 333 g/mol. The fourth-order valence-corrected chi connectivity index (χ4v) is 2.97. The van der Waals surface area contributed by atoms with E-state index in [2.05, 4.69) is 0 Å². The summed E-state index contributed by atoms with van der Waals surface area (Å²) < 4.78 is 26.4. The molecule has 0 fully saturated rings. The summed E-state index contributed by atoms with van der Waals surface area (Å²) in [5.41, 5.74) is 1.49. The van der Waals surface area contributed by atoms with Gasteiger partial charge in [0.2, 0.25) is 5.78 Å². The van der Waals surface area contributed by atoms with Gasteiger partial charge in [0.1, 0.15) is 6.61 Å². The molecule has 0 bridgehead atoms. The molecule has 0 saturated carbocycles. The highest BCUT2D eigenvalue weighted by atomic mass is 19.1. The fourth-order valence-electron chi connectivity index (χ4n) is 2.97. The van der Waals surface area contributed by atoms with E-state index in [0.29, 0.717) is 17.9 Å². The van der Waals surface area contributed by atoms with Crippen LogP contribution in [0.25, 0.3) is 10.9 Å². The number of hydrogen-bond donors (Lipinski definition) is 0. The molecule has 0 saturated heterocycles. The molecule has 26 heavy (non-hydrogen) atoms. The molecule has 0 aliphatic heterocycles.